The molecule has 0 amide bonds. The maximum Gasteiger partial charge on any atom is 0.141 e. The Morgan fingerprint density at radius 1 is 1.32 bits per heavy atom. The Hall–Kier alpha value is -1.75. The van der Waals surface area contributed by atoms with Gasteiger partial charge in [0.25, 0.3) is 0 Å². The normalized spacial score (nSPS) is 12.6. The van der Waals surface area contributed by atoms with Crippen LogP contribution in [0.5, 0.6) is 0 Å². The Morgan fingerprint density at radius 2 is 2.11 bits per heavy atom. The Labute approximate surface area is 112 Å². The number of nitrogens with zero attached hydrogens (tertiary/aromatic N) is 3. The number of halogens is 1. The summed E-state index contributed by atoms with van der Waals surface area (Å²) >= 11 is 0. The molecule has 2 rings (SSSR count). The van der Waals surface area contributed by atoms with Crippen LogP contribution < -0.4 is 5.32 Å². The van der Waals surface area contributed by atoms with Gasteiger partial charge in [0.1, 0.15) is 5.82 Å². The quantitative estimate of drug-likeness (QED) is 0.899. The molecule has 19 heavy (non-hydrogen) atoms. The molecule has 1 unspecified atom stereocenters. The first kappa shape index (κ1) is 13.7. The van der Waals surface area contributed by atoms with Crippen molar-refractivity contribution in [3.8, 4) is 0 Å². The molecule has 0 aliphatic rings. The molecule has 0 aromatic carbocycles. The Bertz CT molecular complexity index is 550. The lowest BCUT2D eigenvalue weighted by atomic mass is 10.1. The lowest BCUT2D eigenvalue weighted by Gasteiger charge is -2.17. The maximum atomic E-state index is 13.3. The van der Waals surface area contributed by atoms with Crippen molar-refractivity contribution in [1.82, 2.24) is 20.1 Å². The first-order chi connectivity index (χ1) is 9.19. The standard InChI is InChI=1S/C14H19FN4/c1-4-12-7-13(19(5-2)18-12)14(16-3)10-6-11(15)9-17-8-10/h6-9,14,16H,4-5H2,1-3H3. The molecule has 1 atom stereocenters. The van der Waals surface area contributed by atoms with Crippen molar-refractivity contribution in [3.63, 3.8) is 0 Å². The van der Waals surface area contributed by atoms with Crippen LogP contribution in [0.2, 0.25) is 0 Å². The number of pyridine rings is 1. The van der Waals surface area contributed by atoms with Gasteiger partial charge in [0.15, 0.2) is 0 Å². The third-order valence-corrected chi connectivity index (χ3v) is 3.17. The fraction of sp³-hybridized carbons (Fsp3) is 0.429. The summed E-state index contributed by atoms with van der Waals surface area (Å²) in [6.45, 7) is 4.91. The predicted octanol–water partition coefficient (Wildman–Crippen LogP) is 2.31. The summed E-state index contributed by atoms with van der Waals surface area (Å²) in [6, 6.07) is 3.47. The Balaban J connectivity index is 2.44. The van der Waals surface area contributed by atoms with Crippen LogP contribution in [0.25, 0.3) is 0 Å². The van der Waals surface area contributed by atoms with E-state index in [1.807, 2.05) is 18.7 Å². The number of hydrogen-bond acceptors (Lipinski definition) is 3. The topological polar surface area (TPSA) is 42.7 Å². The van der Waals surface area contributed by atoms with Gasteiger partial charge in [0, 0.05) is 12.7 Å². The van der Waals surface area contributed by atoms with Crippen molar-refractivity contribution in [1.29, 1.82) is 0 Å². The van der Waals surface area contributed by atoms with Crippen LogP contribution in [0.4, 0.5) is 4.39 Å². The molecule has 102 valence electrons. The van der Waals surface area contributed by atoms with Crippen molar-refractivity contribution in [2.45, 2.75) is 32.9 Å². The van der Waals surface area contributed by atoms with E-state index >= 15 is 0 Å². The third kappa shape index (κ3) is 2.81. The molecule has 0 radical (unpaired) electrons. The van der Waals surface area contributed by atoms with Gasteiger partial charge in [-0.1, -0.05) is 6.92 Å². The van der Waals surface area contributed by atoms with Gasteiger partial charge in [-0.05, 0) is 38.1 Å². The summed E-state index contributed by atoms with van der Waals surface area (Å²) in [5, 5.41) is 7.73. The zero-order valence-corrected chi connectivity index (χ0v) is 11.5. The summed E-state index contributed by atoms with van der Waals surface area (Å²) < 4.78 is 15.3. The summed E-state index contributed by atoms with van der Waals surface area (Å²) in [5.41, 5.74) is 2.88. The molecule has 2 heterocycles. The first-order valence-corrected chi connectivity index (χ1v) is 6.53. The molecular weight excluding hydrogens is 243 g/mol. The van der Waals surface area contributed by atoms with Crippen LogP contribution in [0, 0.1) is 5.82 Å². The SMILES string of the molecule is CCc1cc(C(NC)c2cncc(F)c2)n(CC)n1. The number of aromatic nitrogens is 3. The van der Waals surface area contributed by atoms with Gasteiger partial charge >= 0.3 is 0 Å². The highest BCUT2D eigenvalue weighted by molar-refractivity contribution is 5.27. The number of aryl methyl sites for hydroxylation is 2. The summed E-state index contributed by atoms with van der Waals surface area (Å²) in [6.07, 6.45) is 3.78. The lowest BCUT2D eigenvalue weighted by molar-refractivity contribution is 0.553. The van der Waals surface area contributed by atoms with Gasteiger partial charge in [0.2, 0.25) is 0 Å². The predicted molar refractivity (Wildman–Crippen MR) is 72.4 cm³/mol. The molecule has 0 saturated carbocycles. The second kappa shape index (κ2) is 5.93. The average Bonchev–Trinajstić information content (AvgIpc) is 2.83. The minimum absolute atomic E-state index is 0.101. The summed E-state index contributed by atoms with van der Waals surface area (Å²) in [5.74, 6) is -0.323. The molecular formula is C14H19FN4. The van der Waals surface area contributed by atoms with Gasteiger partial charge in [0.05, 0.1) is 23.6 Å². The van der Waals surface area contributed by atoms with Crippen LogP contribution in [-0.2, 0) is 13.0 Å². The van der Waals surface area contributed by atoms with Crippen molar-refractivity contribution in [2.24, 2.45) is 0 Å². The fourth-order valence-electron chi connectivity index (χ4n) is 2.22. The van der Waals surface area contributed by atoms with E-state index in [4.69, 9.17) is 0 Å². The lowest BCUT2D eigenvalue weighted by Crippen LogP contribution is -2.21. The van der Waals surface area contributed by atoms with Crippen LogP contribution >= 0.6 is 0 Å². The van der Waals surface area contributed by atoms with Crippen molar-refractivity contribution in [2.75, 3.05) is 7.05 Å². The van der Waals surface area contributed by atoms with Crippen molar-refractivity contribution >= 4 is 0 Å². The molecule has 0 spiro atoms. The minimum atomic E-state index is -0.323. The van der Waals surface area contributed by atoms with E-state index in [0.717, 1.165) is 29.9 Å². The first-order valence-electron chi connectivity index (χ1n) is 6.53. The molecule has 1 N–H and O–H groups in total. The molecule has 4 nitrogen and oxygen atoms in total. The van der Waals surface area contributed by atoms with E-state index in [1.165, 1.54) is 12.3 Å². The van der Waals surface area contributed by atoms with E-state index in [0.29, 0.717) is 0 Å². The highest BCUT2D eigenvalue weighted by Crippen LogP contribution is 2.22. The average molecular weight is 262 g/mol. The molecule has 0 saturated heterocycles. The number of hydrogen-bond donors (Lipinski definition) is 1. The number of rotatable bonds is 5. The monoisotopic (exact) mass is 262 g/mol. The zero-order chi connectivity index (χ0) is 13.8. The van der Waals surface area contributed by atoms with Crippen molar-refractivity contribution < 1.29 is 4.39 Å². The van der Waals surface area contributed by atoms with Crippen LogP contribution in [0.1, 0.15) is 36.8 Å². The number of nitrogens with one attached hydrogen (secondary N) is 1. The van der Waals surface area contributed by atoms with Gasteiger partial charge in [-0.25, -0.2) is 4.39 Å². The molecule has 2 aromatic heterocycles. The van der Waals surface area contributed by atoms with E-state index in [-0.39, 0.29) is 11.9 Å². The van der Waals surface area contributed by atoms with E-state index in [1.54, 1.807) is 6.20 Å². The van der Waals surface area contributed by atoms with E-state index in [2.05, 4.69) is 28.4 Å². The van der Waals surface area contributed by atoms with E-state index < -0.39 is 0 Å². The van der Waals surface area contributed by atoms with Crippen LogP contribution in [0.3, 0.4) is 0 Å². The van der Waals surface area contributed by atoms with E-state index in [9.17, 15) is 4.39 Å². The van der Waals surface area contributed by atoms with Crippen LogP contribution in [0.15, 0.2) is 24.5 Å². The smallest absolute Gasteiger partial charge is 0.141 e. The second-order valence-corrected chi connectivity index (χ2v) is 4.39. The fourth-order valence-corrected chi connectivity index (χ4v) is 2.22. The van der Waals surface area contributed by atoms with Gasteiger partial charge < -0.3 is 5.32 Å². The largest absolute Gasteiger partial charge is 0.308 e. The summed E-state index contributed by atoms with van der Waals surface area (Å²) in [4.78, 5) is 3.92. The third-order valence-electron chi connectivity index (χ3n) is 3.17. The zero-order valence-electron chi connectivity index (χ0n) is 11.5. The Kier molecular flexibility index (Phi) is 4.27. The Morgan fingerprint density at radius 3 is 2.68 bits per heavy atom. The minimum Gasteiger partial charge on any atom is -0.308 e. The molecule has 0 aliphatic heterocycles. The van der Waals surface area contributed by atoms with Gasteiger partial charge in [-0.2, -0.15) is 5.10 Å². The van der Waals surface area contributed by atoms with Gasteiger partial charge in [-0.15, -0.1) is 0 Å². The molecule has 0 bridgehead atoms. The maximum absolute atomic E-state index is 13.3. The molecule has 0 aliphatic carbocycles. The van der Waals surface area contributed by atoms with Crippen molar-refractivity contribution in [3.05, 3.63) is 47.3 Å². The molecule has 5 heteroatoms. The van der Waals surface area contributed by atoms with Crippen LogP contribution in [-0.4, -0.2) is 21.8 Å². The summed E-state index contributed by atoms with van der Waals surface area (Å²) in [7, 11) is 1.86. The molecule has 2 aromatic rings. The second-order valence-electron chi connectivity index (χ2n) is 4.39. The molecule has 0 fully saturated rings. The van der Waals surface area contributed by atoms with Gasteiger partial charge in [-0.3, -0.25) is 9.67 Å². The highest BCUT2D eigenvalue weighted by Gasteiger charge is 2.18. The highest BCUT2D eigenvalue weighted by atomic mass is 19.1.